The molecule has 0 saturated heterocycles. The molecule has 1 aliphatic rings. The Morgan fingerprint density at radius 2 is 1.94 bits per heavy atom. The van der Waals surface area contributed by atoms with Crippen molar-refractivity contribution in [2.45, 2.75) is 25.6 Å². The summed E-state index contributed by atoms with van der Waals surface area (Å²) in [6, 6.07) is 4.98. The Hall–Kier alpha value is -1.52. The predicted octanol–water partition coefficient (Wildman–Crippen LogP) is 3.26. The summed E-state index contributed by atoms with van der Waals surface area (Å²) in [4.78, 5) is 4.28. The maximum absolute atomic E-state index is 12.4. The van der Waals surface area contributed by atoms with E-state index in [1.165, 1.54) is 12.1 Å². The molecule has 0 bridgehead atoms. The topological polar surface area (TPSA) is 21.6 Å². The number of hydrogen-bond acceptors (Lipinski definition) is 2. The average molecular weight is 243 g/mol. The Morgan fingerprint density at radius 3 is 2.41 bits per heavy atom. The van der Waals surface area contributed by atoms with Crippen molar-refractivity contribution in [3.05, 3.63) is 35.4 Å². The quantitative estimate of drug-likeness (QED) is 0.781. The van der Waals surface area contributed by atoms with E-state index in [9.17, 15) is 13.2 Å². The van der Waals surface area contributed by atoms with Crippen molar-refractivity contribution in [3.8, 4) is 0 Å². The van der Waals surface area contributed by atoms with Crippen molar-refractivity contribution in [2.75, 3.05) is 6.61 Å². The highest BCUT2D eigenvalue weighted by Gasteiger charge is 2.30. The van der Waals surface area contributed by atoms with E-state index in [0.29, 0.717) is 18.1 Å². The number of nitrogens with zero attached hydrogens (tertiary/aromatic N) is 1. The zero-order chi connectivity index (χ0) is 12.5. The zero-order valence-electron chi connectivity index (χ0n) is 9.29. The van der Waals surface area contributed by atoms with Gasteiger partial charge in [0.2, 0.25) is 5.90 Å². The Morgan fingerprint density at radius 1 is 1.29 bits per heavy atom. The first-order valence-electron chi connectivity index (χ1n) is 5.39. The normalized spacial score (nSPS) is 20.0. The molecule has 0 N–H and O–H groups in total. The SMILES string of the molecule is CCC1COC(c2ccc(C(F)(F)F)cc2)=N1. The number of alkyl halides is 3. The maximum Gasteiger partial charge on any atom is 0.416 e. The van der Waals surface area contributed by atoms with Gasteiger partial charge < -0.3 is 4.74 Å². The third-order valence-electron chi connectivity index (χ3n) is 2.64. The molecule has 1 aliphatic heterocycles. The van der Waals surface area contributed by atoms with Gasteiger partial charge in [0.05, 0.1) is 11.6 Å². The number of aliphatic imine (C=N–C) groups is 1. The lowest BCUT2D eigenvalue weighted by atomic mass is 10.1. The summed E-state index contributed by atoms with van der Waals surface area (Å²) in [5.74, 6) is 0.436. The fraction of sp³-hybridized carbons (Fsp3) is 0.417. The Balaban J connectivity index is 2.19. The van der Waals surface area contributed by atoms with Crippen LogP contribution in [0.25, 0.3) is 0 Å². The largest absolute Gasteiger partial charge is 0.475 e. The van der Waals surface area contributed by atoms with Gasteiger partial charge >= 0.3 is 6.18 Å². The first kappa shape index (κ1) is 12.0. The smallest absolute Gasteiger partial charge is 0.416 e. The van der Waals surface area contributed by atoms with Crippen LogP contribution in [0.3, 0.4) is 0 Å². The summed E-state index contributed by atoms with van der Waals surface area (Å²) < 4.78 is 42.4. The van der Waals surface area contributed by atoms with Crippen molar-refractivity contribution < 1.29 is 17.9 Å². The number of ether oxygens (including phenoxy) is 1. The van der Waals surface area contributed by atoms with Gasteiger partial charge in [0.15, 0.2) is 0 Å². The lowest BCUT2D eigenvalue weighted by molar-refractivity contribution is -0.137. The minimum atomic E-state index is -4.30. The third kappa shape index (κ3) is 2.60. The molecule has 1 aromatic carbocycles. The zero-order valence-corrected chi connectivity index (χ0v) is 9.29. The molecule has 17 heavy (non-hydrogen) atoms. The third-order valence-corrected chi connectivity index (χ3v) is 2.64. The number of rotatable bonds is 2. The molecule has 0 saturated carbocycles. The van der Waals surface area contributed by atoms with E-state index >= 15 is 0 Å². The molecule has 2 nitrogen and oxygen atoms in total. The first-order chi connectivity index (χ1) is 8.00. The van der Waals surface area contributed by atoms with Gasteiger partial charge in [-0.2, -0.15) is 13.2 Å². The molecule has 92 valence electrons. The lowest BCUT2D eigenvalue weighted by Crippen LogP contribution is -2.06. The van der Waals surface area contributed by atoms with Crippen LogP contribution < -0.4 is 0 Å². The summed E-state index contributed by atoms with van der Waals surface area (Å²) in [5, 5.41) is 0. The monoisotopic (exact) mass is 243 g/mol. The lowest BCUT2D eigenvalue weighted by Gasteiger charge is -2.07. The number of hydrogen-bond donors (Lipinski definition) is 0. The second-order valence-corrected chi connectivity index (χ2v) is 3.88. The molecule has 0 fully saturated rings. The molecule has 5 heteroatoms. The molecule has 2 rings (SSSR count). The Kier molecular flexibility index (Phi) is 3.09. The van der Waals surface area contributed by atoms with Gasteiger partial charge in [0, 0.05) is 5.56 Å². The van der Waals surface area contributed by atoms with E-state index < -0.39 is 11.7 Å². The van der Waals surface area contributed by atoms with Gasteiger partial charge in [-0.3, -0.25) is 0 Å². The van der Waals surface area contributed by atoms with Crippen LogP contribution in [0.1, 0.15) is 24.5 Å². The molecule has 0 amide bonds. The molecule has 0 aromatic heterocycles. The van der Waals surface area contributed by atoms with Crippen molar-refractivity contribution in [1.29, 1.82) is 0 Å². The van der Waals surface area contributed by atoms with Gasteiger partial charge in [-0.1, -0.05) is 6.92 Å². The van der Waals surface area contributed by atoms with Crippen molar-refractivity contribution in [2.24, 2.45) is 4.99 Å². The second-order valence-electron chi connectivity index (χ2n) is 3.88. The molecular formula is C12H12F3NO. The van der Waals surface area contributed by atoms with Crippen molar-refractivity contribution >= 4 is 5.90 Å². The highest BCUT2D eigenvalue weighted by atomic mass is 19.4. The van der Waals surface area contributed by atoms with Crippen LogP contribution in [-0.4, -0.2) is 18.5 Å². The standard InChI is InChI=1S/C12H12F3NO/c1-2-10-7-17-11(16-10)8-3-5-9(6-4-8)12(13,14)15/h3-6,10H,2,7H2,1H3. The Bertz CT molecular complexity index is 422. The van der Waals surface area contributed by atoms with Crippen molar-refractivity contribution in [3.63, 3.8) is 0 Å². The van der Waals surface area contributed by atoms with Crippen LogP contribution in [0.15, 0.2) is 29.3 Å². The fourth-order valence-corrected chi connectivity index (χ4v) is 1.58. The van der Waals surface area contributed by atoms with Crippen molar-refractivity contribution in [1.82, 2.24) is 0 Å². The fourth-order valence-electron chi connectivity index (χ4n) is 1.58. The molecule has 1 unspecified atom stereocenters. The van der Waals surface area contributed by atoms with Gasteiger partial charge in [0.1, 0.15) is 6.61 Å². The molecule has 1 heterocycles. The average Bonchev–Trinajstić information content (AvgIpc) is 2.76. The highest BCUT2D eigenvalue weighted by molar-refractivity contribution is 5.95. The van der Waals surface area contributed by atoms with Gasteiger partial charge in [-0.25, -0.2) is 4.99 Å². The molecule has 0 radical (unpaired) electrons. The summed E-state index contributed by atoms with van der Waals surface area (Å²) >= 11 is 0. The molecular weight excluding hydrogens is 231 g/mol. The van der Waals surface area contributed by atoms with Gasteiger partial charge in [0.25, 0.3) is 0 Å². The van der Waals surface area contributed by atoms with E-state index in [2.05, 4.69) is 4.99 Å². The molecule has 0 aliphatic carbocycles. The molecule has 1 aromatic rings. The van der Waals surface area contributed by atoms with Gasteiger partial charge in [-0.05, 0) is 30.7 Å². The maximum atomic E-state index is 12.4. The van der Waals surface area contributed by atoms with E-state index in [4.69, 9.17) is 4.74 Å². The van der Waals surface area contributed by atoms with E-state index in [1.54, 1.807) is 0 Å². The number of halogens is 3. The molecule has 1 atom stereocenters. The summed E-state index contributed by atoms with van der Waals surface area (Å²) in [6.07, 6.45) is -3.44. The van der Waals surface area contributed by atoms with Gasteiger partial charge in [-0.15, -0.1) is 0 Å². The minimum Gasteiger partial charge on any atom is -0.475 e. The highest BCUT2D eigenvalue weighted by Crippen LogP contribution is 2.29. The minimum absolute atomic E-state index is 0.118. The molecule has 0 spiro atoms. The second kappa shape index (κ2) is 4.39. The van der Waals surface area contributed by atoms with Crippen LogP contribution in [0.4, 0.5) is 13.2 Å². The van der Waals surface area contributed by atoms with E-state index in [-0.39, 0.29) is 6.04 Å². The van der Waals surface area contributed by atoms with Crippen LogP contribution in [0.5, 0.6) is 0 Å². The van der Waals surface area contributed by atoms with Crippen LogP contribution in [-0.2, 0) is 10.9 Å². The van der Waals surface area contributed by atoms with Crippen LogP contribution in [0, 0.1) is 0 Å². The predicted molar refractivity (Wildman–Crippen MR) is 58.0 cm³/mol. The first-order valence-corrected chi connectivity index (χ1v) is 5.39. The summed E-state index contributed by atoms with van der Waals surface area (Å²) in [5.41, 5.74) is -0.0687. The summed E-state index contributed by atoms with van der Waals surface area (Å²) in [7, 11) is 0. The van der Waals surface area contributed by atoms with E-state index in [1.807, 2.05) is 6.92 Å². The van der Waals surface area contributed by atoms with Crippen LogP contribution in [0.2, 0.25) is 0 Å². The number of benzene rings is 1. The van der Waals surface area contributed by atoms with E-state index in [0.717, 1.165) is 18.6 Å². The van der Waals surface area contributed by atoms with Crippen LogP contribution >= 0.6 is 0 Å². The Labute approximate surface area is 97.1 Å². The summed E-state index contributed by atoms with van der Waals surface area (Å²) in [6.45, 7) is 2.50.